The standard InChI is InChI=1S/C39H44F3N5O4/c1-45(2)15-16-46(23-35(43)48)37(50)27-6-3-24(4-7-27)22-47-34(26-9-12-31(13-10-26)39(40,41)42)19-29-11-14-32(21-33(29)38(47)51)44-36(49)20-30-18-25-5-8-28(30)17-25/h3-4,6-7,9-14,21,25,28,30,34H,5,8,15-20,22-23H2,1-2H3,(H2,43,48)(H,44,49). The van der Waals surface area contributed by atoms with E-state index in [2.05, 4.69) is 5.32 Å². The van der Waals surface area contributed by atoms with Gasteiger partial charge in [-0.05, 0) is 111 Å². The van der Waals surface area contributed by atoms with E-state index in [0.29, 0.717) is 65.7 Å². The lowest BCUT2D eigenvalue weighted by atomic mass is 9.86. The summed E-state index contributed by atoms with van der Waals surface area (Å²) in [7, 11) is 3.72. The second-order valence-electron chi connectivity index (χ2n) is 14.5. The number of benzene rings is 3. The van der Waals surface area contributed by atoms with E-state index in [1.165, 1.54) is 36.3 Å². The van der Waals surface area contributed by atoms with Crippen LogP contribution in [0.1, 0.15) is 81.1 Å². The first-order chi connectivity index (χ1) is 24.2. The fourth-order valence-corrected chi connectivity index (χ4v) is 7.99. The van der Waals surface area contributed by atoms with Gasteiger partial charge in [-0.15, -0.1) is 0 Å². The number of anilines is 1. The van der Waals surface area contributed by atoms with Gasteiger partial charge >= 0.3 is 6.18 Å². The summed E-state index contributed by atoms with van der Waals surface area (Å²) in [6.45, 7) is 0.727. The summed E-state index contributed by atoms with van der Waals surface area (Å²) in [6, 6.07) is 16.3. The predicted molar refractivity (Wildman–Crippen MR) is 186 cm³/mol. The number of likely N-dealkylation sites (N-methyl/N-ethyl adjacent to an activating group) is 1. The van der Waals surface area contributed by atoms with Gasteiger partial charge in [-0.1, -0.05) is 36.8 Å². The Morgan fingerprint density at radius 2 is 1.67 bits per heavy atom. The topological polar surface area (TPSA) is 116 Å². The number of amides is 4. The Morgan fingerprint density at radius 1 is 0.941 bits per heavy atom. The molecule has 0 aromatic heterocycles. The summed E-state index contributed by atoms with van der Waals surface area (Å²) in [5.74, 6) is 0.379. The van der Waals surface area contributed by atoms with Gasteiger partial charge in [-0.3, -0.25) is 19.2 Å². The minimum atomic E-state index is -4.50. The highest BCUT2D eigenvalue weighted by Gasteiger charge is 2.40. The lowest BCUT2D eigenvalue weighted by molar-refractivity contribution is -0.137. The fraction of sp³-hybridized carbons (Fsp3) is 0.436. The number of nitrogens with one attached hydrogen (secondary N) is 1. The zero-order chi connectivity index (χ0) is 36.4. The molecule has 0 radical (unpaired) electrons. The highest BCUT2D eigenvalue weighted by Crippen LogP contribution is 2.49. The van der Waals surface area contributed by atoms with Crippen molar-refractivity contribution in [3.05, 3.63) is 100 Å². The van der Waals surface area contributed by atoms with Crippen LogP contribution in [0.4, 0.5) is 18.9 Å². The van der Waals surface area contributed by atoms with Crippen LogP contribution in [0.2, 0.25) is 0 Å². The number of nitrogens with zero attached hydrogens (tertiary/aromatic N) is 3. The largest absolute Gasteiger partial charge is 0.416 e. The van der Waals surface area contributed by atoms with Crippen molar-refractivity contribution >= 4 is 29.3 Å². The van der Waals surface area contributed by atoms with Gasteiger partial charge in [0.1, 0.15) is 0 Å². The first-order valence-electron chi connectivity index (χ1n) is 17.5. The van der Waals surface area contributed by atoms with Crippen molar-refractivity contribution < 1.29 is 32.3 Å². The number of nitrogens with two attached hydrogens (primary N) is 1. The molecule has 0 saturated heterocycles. The van der Waals surface area contributed by atoms with E-state index in [0.717, 1.165) is 30.0 Å². The van der Waals surface area contributed by atoms with Crippen molar-refractivity contribution in [2.45, 2.75) is 57.3 Å². The monoisotopic (exact) mass is 703 g/mol. The maximum absolute atomic E-state index is 14.3. The molecule has 3 aromatic carbocycles. The predicted octanol–water partition coefficient (Wildman–Crippen LogP) is 5.90. The highest BCUT2D eigenvalue weighted by atomic mass is 19.4. The number of hydrogen-bond acceptors (Lipinski definition) is 5. The molecule has 4 amide bonds. The second kappa shape index (κ2) is 14.9. The van der Waals surface area contributed by atoms with Crippen molar-refractivity contribution in [1.82, 2.24) is 14.7 Å². The molecule has 1 aliphatic heterocycles. The number of fused-ring (bicyclic) bond motifs is 3. The van der Waals surface area contributed by atoms with E-state index in [1.807, 2.05) is 25.1 Å². The number of hydrogen-bond donors (Lipinski definition) is 2. The fourth-order valence-electron chi connectivity index (χ4n) is 7.99. The van der Waals surface area contributed by atoms with Gasteiger partial charge in [0.25, 0.3) is 11.8 Å². The van der Waals surface area contributed by atoms with Crippen molar-refractivity contribution in [3.63, 3.8) is 0 Å². The van der Waals surface area contributed by atoms with Crippen molar-refractivity contribution in [2.24, 2.45) is 23.5 Å². The van der Waals surface area contributed by atoms with Crippen molar-refractivity contribution in [2.75, 3.05) is 39.0 Å². The van der Waals surface area contributed by atoms with Crippen LogP contribution in [0.15, 0.2) is 66.7 Å². The molecule has 6 rings (SSSR count). The van der Waals surface area contributed by atoms with Gasteiger partial charge in [-0.25, -0.2) is 0 Å². The number of rotatable bonds is 12. The van der Waals surface area contributed by atoms with E-state index in [1.54, 1.807) is 41.3 Å². The number of primary amides is 1. The van der Waals surface area contributed by atoms with Gasteiger partial charge in [-0.2, -0.15) is 13.2 Å². The molecule has 3 aliphatic rings. The summed E-state index contributed by atoms with van der Waals surface area (Å²) < 4.78 is 40.2. The zero-order valence-corrected chi connectivity index (χ0v) is 28.9. The first-order valence-corrected chi connectivity index (χ1v) is 17.5. The van der Waals surface area contributed by atoms with E-state index in [4.69, 9.17) is 5.73 Å². The molecule has 2 fully saturated rings. The van der Waals surface area contributed by atoms with Crippen LogP contribution < -0.4 is 11.1 Å². The molecule has 0 spiro atoms. The molecule has 3 N–H and O–H groups in total. The van der Waals surface area contributed by atoms with E-state index < -0.39 is 23.7 Å². The number of alkyl halides is 3. The maximum atomic E-state index is 14.3. The Bertz CT molecular complexity index is 1780. The van der Waals surface area contributed by atoms with Crippen LogP contribution in [0.5, 0.6) is 0 Å². The molecule has 2 bridgehead atoms. The molecule has 1 heterocycles. The third-order valence-electron chi connectivity index (χ3n) is 10.6. The van der Waals surface area contributed by atoms with E-state index in [-0.39, 0.29) is 30.8 Å². The quantitative estimate of drug-likeness (QED) is 0.244. The smallest absolute Gasteiger partial charge is 0.368 e. The van der Waals surface area contributed by atoms with Crippen LogP contribution in [0.3, 0.4) is 0 Å². The SMILES string of the molecule is CN(C)CCN(CC(N)=O)C(=O)c1ccc(CN2C(=O)c3cc(NC(=O)CC4CC5CCC4C5)ccc3CC2c2ccc(C(F)(F)F)cc2)cc1. The molecule has 4 atom stereocenters. The molecule has 2 aliphatic carbocycles. The molecule has 3 aromatic rings. The Morgan fingerprint density at radius 3 is 2.27 bits per heavy atom. The molecular formula is C39H44F3N5O4. The second-order valence-corrected chi connectivity index (χ2v) is 14.5. The maximum Gasteiger partial charge on any atom is 0.416 e. The highest BCUT2D eigenvalue weighted by molar-refractivity contribution is 6.00. The summed E-state index contributed by atoms with van der Waals surface area (Å²) in [5, 5.41) is 3.00. The molecular weight excluding hydrogens is 659 g/mol. The van der Waals surface area contributed by atoms with Gasteiger partial charge in [0.2, 0.25) is 11.8 Å². The van der Waals surface area contributed by atoms with E-state index >= 15 is 0 Å². The summed E-state index contributed by atoms with van der Waals surface area (Å²) >= 11 is 0. The first kappa shape index (κ1) is 36.1. The lowest BCUT2D eigenvalue weighted by Gasteiger charge is -2.37. The van der Waals surface area contributed by atoms with Crippen LogP contribution in [0, 0.1) is 17.8 Å². The number of halogens is 3. The third-order valence-corrected chi connectivity index (χ3v) is 10.6. The van der Waals surface area contributed by atoms with Crippen molar-refractivity contribution in [1.29, 1.82) is 0 Å². The average Bonchev–Trinajstić information content (AvgIpc) is 3.71. The summed E-state index contributed by atoms with van der Waals surface area (Å²) in [6.07, 6.45) is 1.08. The summed E-state index contributed by atoms with van der Waals surface area (Å²) in [5.41, 5.74) is 7.91. The lowest BCUT2D eigenvalue weighted by Crippen LogP contribution is -2.42. The average molecular weight is 704 g/mol. The molecule has 12 heteroatoms. The van der Waals surface area contributed by atoms with Gasteiger partial charge in [0.05, 0.1) is 18.2 Å². The number of carbonyl (C=O) groups excluding carboxylic acids is 4. The number of carbonyl (C=O) groups is 4. The summed E-state index contributed by atoms with van der Waals surface area (Å²) in [4.78, 5) is 57.1. The Labute approximate surface area is 296 Å². The third kappa shape index (κ3) is 8.44. The minimum Gasteiger partial charge on any atom is -0.368 e. The Balaban J connectivity index is 1.23. The van der Waals surface area contributed by atoms with Crippen molar-refractivity contribution in [3.8, 4) is 0 Å². The molecule has 4 unspecified atom stereocenters. The molecule has 270 valence electrons. The normalized spacial score (nSPS) is 21.1. The van der Waals surface area contributed by atoms with Gasteiger partial charge in [0, 0.05) is 42.9 Å². The minimum absolute atomic E-state index is 0.0685. The molecule has 9 nitrogen and oxygen atoms in total. The van der Waals surface area contributed by atoms with Gasteiger partial charge in [0.15, 0.2) is 0 Å². The van der Waals surface area contributed by atoms with Gasteiger partial charge < -0.3 is 25.8 Å². The van der Waals surface area contributed by atoms with Crippen LogP contribution in [-0.2, 0) is 28.7 Å². The Hall–Kier alpha value is -4.71. The van der Waals surface area contributed by atoms with Crippen LogP contribution in [0.25, 0.3) is 0 Å². The zero-order valence-electron chi connectivity index (χ0n) is 28.9. The Kier molecular flexibility index (Phi) is 10.5. The van der Waals surface area contributed by atoms with E-state index in [9.17, 15) is 32.3 Å². The van der Waals surface area contributed by atoms with Crippen LogP contribution >= 0.6 is 0 Å². The molecule has 2 saturated carbocycles. The van der Waals surface area contributed by atoms with Crippen LogP contribution in [-0.4, -0.2) is 72.1 Å². The molecule has 51 heavy (non-hydrogen) atoms.